The van der Waals surface area contributed by atoms with Gasteiger partial charge < -0.3 is 25.7 Å². The van der Waals surface area contributed by atoms with Crippen LogP contribution in [0.5, 0.6) is 0 Å². The molecule has 0 aromatic carbocycles. The first-order valence-corrected chi connectivity index (χ1v) is 14.5. The van der Waals surface area contributed by atoms with E-state index in [1.54, 1.807) is 0 Å². The van der Waals surface area contributed by atoms with Crippen molar-refractivity contribution in [1.82, 2.24) is 5.32 Å². The molecule has 210 valence electrons. The zero-order chi connectivity index (χ0) is 27.1. The molecule has 0 radical (unpaired) electrons. The lowest BCUT2D eigenvalue weighted by atomic mass is 9.44. The van der Waals surface area contributed by atoms with Crippen LogP contribution in [0.3, 0.4) is 0 Å². The number of hydrogen-bond donors (Lipinski definition) is 5. The molecule has 0 aliphatic heterocycles. The van der Waals surface area contributed by atoms with E-state index in [4.69, 9.17) is 5.11 Å². The monoisotopic (exact) mass is 521 g/mol. The molecule has 4 aliphatic carbocycles. The number of aliphatic hydroxyl groups excluding tert-OH is 2. The molecule has 8 heteroatoms. The van der Waals surface area contributed by atoms with Crippen LogP contribution in [0.2, 0.25) is 0 Å². The van der Waals surface area contributed by atoms with Gasteiger partial charge in [0.15, 0.2) is 0 Å². The maximum absolute atomic E-state index is 12.5. The molecule has 37 heavy (non-hydrogen) atoms. The van der Waals surface area contributed by atoms with Gasteiger partial charge in [0, 0.05) is 12.8 Å². The lowest BCUT2D eigenvalue weighted by Gasteiger charge is -2.62. The first-order valence-electron chi connectivity index (χ1n) is 14.5. The molecule has 4 rings (SSSR count). The Morgan fingerprint density at radius 3 is 2.22 bits per heavy atom. The highest BCUT2D eigenvalue weighted by Crippen LogP contribution is 2.68. The Kier molecular flexibility index (Phi) is 8.30. The highest BCUT2D eigenvalue weighted by atomic mass is 16.4. The molecular weight excluding hydrogens is 474 g/mol. The smallest absolute Gasteiger partial charge is 0.326 e. The van der Waals surface area contributed by atoms with E-state index in [1.165, 1.54) is 6.42 Å². The molecule has 5 N–H and O–H groups in total. The lowest BCUT2D eigenvalue weighted by molar-refractivity contribution is -0.172. The zero-order valence-electron chi connectivity index (χ0n) is 22.7. The maximum atomic E-state index is 12.5. The largest absolute Gasteiger partial charge is 0.481 e. The fourth-order valence-corrected chi connectivity index (χ4v) is 9.61. The Bertz CT molecular complexity index is 878. The summed E-state index contributed by atoms with van der Waals surface area (Å²) < 4.78 is 0. The Hall–Kier alpha value is -1.67. The number of carbonyl (C=O) groups excluding carboxylic acids is 1. The van der Waals surface area contributed by atoms with Crippen LogP contribution in [-0.2, 0) is 14.4 Å². The minimum atomic E-state index is -1.20. The summed E-state index contributed by atoms with van der Waals surface area (Å²) in [5, 5.41) is 42.2. The van der Waals surface area contributed by atoms with Gasteiger partial charge >= 0.3 is 11.9 Å². The summed E-state index contributed by atoms with van der Waals surface area (Å²) in [6, 6.07) is -1.17. The van der Waals surface area contributed by atoms with E-state index < -0.39 is 18.0 Å². The molecule has 0 aromatic heterocycles. The van der Waals surface area contributed by atoms with Crippen LogP contribution in [0.4, 0.5) is 0 Å². The number of nitrogens with one attached hydrogen (secondary N) is 1. The van der Waals surface area contributed by atoms with Crippen LogP contribution in [0, 0.1) is 46.3 Å². The van der Waals surface area contributed by atoms with Crippen molar-refractivity contribution in [3.8, 4) is 0 Å². The van der Waals surface area contributed by atoms with Crippen molar-refractivity contribution >= 4 is 17.8 Å². The number of carbonyl (C=O) groups is 3. The molecule has 0 aromatic rings. The molecular formula is C29H47NO7. The molecule has 0 bridgehead atoms. The van der Waals surface area contributed by atoms with E-state index >= 15 is 0 Å². The Balaban J connectivity index is 1.37. The van der Waals surface area contributed by atoms with Crippen molar-refractivity contribution in [1.29, 1.82) is 0 Å². The van der Waals surface area contributed by atoms with Gasteiger partial charge in [-0.2, -0.15) is 0 Å². The third-order valence-corrected chi connectivity index (χ3v) is 11.5. The van der Waals surface area contributed by atoms with Crippen LogP contribution in [0.25, 0.3) is 0 Å². The predicted molar refractivity (Wildman–Crippen MR) is 137 cm³/mol. The molecule has 4 aliphatic rings. The molecule has 1 amide bonds. The standard InChI is InChI=1S/C29H47NO7/c1-16(4-8-25(33)30-23(27(36)37)7-9-26(34)35)19-5-6-20-18-15-24(32)22-14-17(31)10-12-29(22,3)21(18)11-13-28(19,20)2/h16-24,31-32H,4-15H2,1-3H3,(H,30,33)(H,34,35)(H,36,37)/t16-,17-,18+,19-,20+,21+,22+,23+,24+,28-,29-/m1/s1. The molecule has 11 atom stereocenters. The average Bonchev–Trinajstić information content (AvgIpc) is 3.18. The van der Waals surface area contributed by atoms with Gasteiger partial charge in [0.05, 0.1) is 12.2 Å². The van der Waals surface area contributed by atoms with Crippen molar-refractivity contribution < 1.29 is 34.8 Å². The Morgan fingerprint density at radius 2 is 1.54 bits per heavy atom. The summed E-state index contributed by atoms with van der Waals surface area (Å²) in [5.74, 6) is 0.0716. The lowest BCUT2D eigenvalue weighted by Crippen LogP contribution is -2.58. The summed E-state index contributed by atoms with van der Waals surface area (Å²) in [6.45, 7) is 7.02. The first kappa shape index (κ1) is 28.3. The van der Waals surface area contributed by atoms with Crippen LogP contribution < -0.4 is 5.32 Å². The minimum absolute atomic E-state index is 0.103. The van der Waals surface area contributed by atoms with Gasteiger partial charge in [-0.3, -0.25) is 9.59 Å². The number of aliphatic hydroxyl groups is 2. The van der Waals surface area contributed by atoms with E-state index in [0.29, 0.717) is 36.0 Å². The normalized spacial score (nSPS) is 42.6. The van der Waals surface area contributed by atoms with E-state index in [2.05, 4.69) is 26.1 Å². The number of carboxylic acid groups (broad SMARTS) is 2. The van der Waals surface area contributed by atoms with Crippen molar-refractivity contribution in [3.05, 3.63) is 0 Å². The fraction of sp³-hybridized carbons (Fsp3) is 0.897. The second-order valence-electron chi connectivity index (χ2n) is 13.4. The van der Waals surface area contributed by atoms with Crippen molar-refractivity contribution in [2.24, 2.45) is 46.3 Å². The van der Waals surface area contributed by atoms with Crippen LogP contribution in [-0.4, -0.2) is 56.5 Å². The summed E-state index contributed by atoms with van der Waals surface area (Å²) in [5.41, 5.74) is 0.283. The zero-order valence-corrected chi connectivity index (χ0v) is 22.7. The van der Waals surface area contributed by atoms with Crippen molar-refractivity contribution in [3.63, 3.8) is 0 Å². The number of fused-ring (bicyclic) bond motifs is 5. The van der Waals surface area contributed by atoms with Gasteiger partial charge in [-0.05, 0) is 111 Å². The van der Waals surface area contributed by atoms with Crippen LogP contribution >= 0.6 is 0 Å². The second-order valence-corrected chi connectivity index (χ2v) is 13.4. The van der Waals surface area contributed by atoms with E-state index in [-0.39, 0.29) is 54.1 Å². The Labute approximate surface area is 220 Å². The summed E-state index contributed by atoms with van der Waals surface area (Å²) in [4.78, 5) is 34.8. The number of hydrogen-bond acceptors (Lipinski definition) is 5. The quantitative estimate of drug-likeness (QED) is 0.310. The van der Waals surface area contributed by atoms with Gasteiger partial charge in [-0.1, -0.05) is 20.8 Å². The number of rotatable bonds is 9. The van der Waals surface area contributed by atoms with Gasteiger partial charge in [-0.25, -0.2) is 4.79 Å². The van der Waals surface area contributed by atoms with E-state index in [9.17, 15) is 29.7 Å². The van der Waals surface area contributed by atoms with Crippen molar-refractivity contribution in [2.75, 3.05) is 0 Å². The molecule has 0 unspecified atom stereocenters. The fourth-order valence-electron chi connectivity index (χ4n) is 9.61. The van der Waals surface area contributed by atoms with Crippen LogP contribution in [0.1, 0.15) is 97.8 Å². The third-order valence-electron chi connectivity index (χ3n) is 11.5. The average molecular weight is 522 g/mol. The minimum Gasteiger partial charge on any atom is -0.481 e. The van der Waals surface area contributed by atoms with E-state index in [0.717, 1.165) is 44.9 Å². The summed E-state index contributed by atoms with van der Waals surface area (Å²) >= 11 is 0. The van der Waals surface area contributed by atoms with Crippen molar-refractivity contribution in [2.45, 2.75) is 116 Å². The number of carboxylic acids is 2. The maximum Gasteiger partial charge on any atom is 0.326 e. The number of aliphatic carboxylic acids is 2. The van der Waals surface area contributed by atoms with Crippen LogP contribution in [0.15, 0.2) is 0 Å². The first-order chi connectivity index (χ1) is 17.4. The topological polar surface area (TPSA) is 144 Å². The highest BCUT2D eigenvalue weighted by Gasteiger charge is 2.62. The molecule has 0 saturated heterocycles. The van der Waals surface area contributed by atoms with E-state index in [1.807, 2.05) is 0 Å². The highest BCUT2D eigenvalue weighted by molar-refractivity contribution is 5.83. The van der Waals surface area contributed by atoms with Gasteiger partial charge in [0.25, 0.3) is 0 Å². The molecule has 4 saturated carbocycles. The molecule has 8 nitrogen and oxygen atoms in total. The van der Waals surface area contributed by atoms with Gasteiger partial charge in [0.2, 0.25) is 5.91 Å². The summed E-state index contributed by atoms with van der Waals surface area (Å²) in [6.07, 6.45) is 7.89. The number of amides is 1. The molecule has 0 spiro atoms. The molecule has 4 fully saturated rings. The Morgan fingerprint density at radius 1 is 0.865 bits per heavy atom. The third kappa shape index (κ3) is 5.42. The summed E-state index contributed by atoms with van der Waals surface area (Å²) in [7, 11) is 0. The molecule has 0 heterocycles. The second kappa shape index (κ2) is 10.8. The van der Waals surface area contributed by atoms with Gasteiger partial charge in [0.1, 0.15) is 6.04 Å². The van der Waals surface area contributed by atoms with Gasteiger partial charge in [-0.15, -0.1) is 0 Å². The predicted octanol–water partition coefficient (Wildman–Crippen LogP) is 3.83. The SMILES string of the molecule is C[C@H](CCC(=O)N[C@@H](CCC(=O)O)C(=O)O)[C@H]1CC[C@H]2[C@@H]3C[C@H](O)[C@@H]4C[C@H](O)CC[C@]4(C)[C@H]3CC[C@]12C.